The minimum Gasteiger partial charge on any atom is -0.337 e. The van der Waals surface area contributed by atoms with Crippen LogP contribution in [0, 0.1) is 0 Å². The van der Waals surface area contributed by atoms with Gasteiger partial charge in [0.15, 0.2) is 5.69 Å². The summed E-state index contributed by atoms with van der Waals surface area (Å²) in [5.74, 6) is -0.0236. The highest BCUT2D eigenvalue weighted by Gasteiger charge is 2.27. The van der Waals surface area contributed by atoms with Gasteiger partial charge in [0.2, 0.25) is 0 Å². The summed E-state index contributed by atoms with van der Waals surface area (Å²) in [5.41, 5.74) is 3.23. The van der Waals surface area contributed by atoms with Gasteiger partial charge in [-0.3, -0.25) is 4.79 Å². The molecule has 6 nitrogen and oxygen atoms in total. The zero-order valence-corrected chi connectivity index (χ0v) is 14.7. The number of carbonyl (C=O) groups is 1. The number of likely N-dealkylation sites (N-methyl/N-ethyl adjacent to an activating group) is 1. The predicted molar refractivity (Wildman–Crippen MR) is 95.5 cm³/mol. The summed E-state index contributed by atoms with van der Waals surface area (Å²) in [6.45, 7) is 1.99. The van der Waals surface area contributed by atoms with E-state index >= 15 is 0 Å². The molecule has 1 aliphatic carbocycles. The minimum absolute atomic E-state index is 0.0236. The highest BCUT2D eigenvalue weighted by Crippen LogP contribution is 2.25. The van der Waals surface area contributed by atoms with Crippen LogP contribution in [0.5, 0.6) is 0 Å². The summed E-state index contributed by atoms with van der Waals surface area (Å²) in [7, 11) is 1.89. The van der Waals surface area contributed by atoms with E-state index in [0.29, 0.717) is 11.7 Å². The summed E-state index contributed by atoms with van der Waals surface area (Å²) in [4.78, 5) is 14.7. The van der Waals surface area contributed by atoms with E-state index in [0.717, 1.165) is 45.2 Å². The molecular formula is C19H25N5O. The SMILES string of the molecule is CN(C(=O)c1cn(C2CCNCC2)nn1)C1CCc2ccccc2C1. The number of aromatic nitrogens is 3. The van der Waals surface area contributed by atoms with Crippen LogP contribution in [0.1, 0.15) is 46.9 Å². The van der Waals surface area contributed by atoms with Gasteiger partial charge in [-0.25, -0.2) is 4.68 Å². The van der Waals surface area contributed by atoms with Crippen LogP contribution < -0.4 is 5.32 Å². The van der Waals surface area contributed by atoms with Crippen molar-refractivity contribution in [2.75, 3.05) is 20.1 Å². The first-order chi connectivity index (χ1) is 12.2. The second kappa shape index (κ2) is 6.96. The molecule has 1 saturated heterocycles. The molecule has 1 N–H and O–H groups in total. The number of nitrogens with one attached hydrogen (secondary N) is 1. The lowest BCUT2D eigenvalue weighted by molar-refractivity contribution is 0.0712. The fraction of sp³-hybridized carbons (Fsp3) is 0.526. The van der Waals surface area contributed by atoms with Crippen LogP contribution in [-0.2, 0) is 12.8 Å². The van der Waals surface area contributed by atoms with E-state index in [1.165, 1.54) is 11.1 Å². The fourth-order valence-electron chi connectivity index (χ4n) is 3.98. The number of aryl methyl sites for hydroxylation is 1. The fourth-order valence-corrected chi connectivity index (χ4v) is 3.98. The van der Waals surface area contributed by atoms with Crippen LogP contribution in [-0.4, -0.2) is 52.0 Å². The van der Waals surface area contributed by atoms with Gasteiger partial charge in [0.05, 0.1) is 12.2 Å². The van der Waals surface area contributed by atoms with Gasteiger partial charge in [0.25, 0.3) is 5.91 Å². The van der Waals surface area contributed by atoms with Crippen LogP contribution in [0.15, 0.2) is 30.5 Å². The van der Waals surface area contributed by atoms with Crippen molar-refractivity contribution < 1.29 is 4.79 Å². The van der Waals surface area contributed by atoms with Crippen LogP contribution in [0.3, 0.4) is 0 Å². The molecule has 1 amide bonds. The largest absolute Gasteiger partial charge is 0.337 e. The van der Waals surface area contributed by atoms with Crippen LogP contribution in [0.25, 0.3) is 0 Å². The number of fused-ring (bicyclic) bond motifs is 1. The maximum atomic E-state index is 12.8. The zero-order valence-electron chi connectivity index (χ0n) is 14.7. The van der Waals surface area contributed by atoms with Crippen LogP contribution in [0.2, 0.25) is 0 Å². The smallest absolute Gasteiger partial charge is 0.276 e. The lowest BCUT2D eigenvalue weighted by Gasteiger charge is -2.32. The van der Waals surface area contributed by atoms with Crippen molar-refractivity contribution in [1.82, 2.24) is 25.2 Å². The maximum Gasteiger partial charge on any atom is 0.276 e. The molecule has 1 aromatic carbocycles. The summed E-state index contributed by atoms with van der Waals surface area (Å²) < 4.78 is 1.87. The highest BCUT2D eigenvalue weighted by atomic mass is 16.2. The molecule has 0 saturated carbocycles. The third kappa shape index (κ3) is 3.31. The van der Waals surface area contributed by atoms with E-state index in [1.54, 1.807) is 0 Å². The minimum atomic E-state index is -0.0236. The third-order valence-corrected chi connectivity index (χ3v) is 5.60. The Kier molecular flexibility index (Phi) is 4.53. The Balaban J connectivity index is 1.45. The molecule has 2 heterocycles. The molecule has 4 rings (SSSR count). The van der Waals surface area contributed by atoms with Crippen molar-refractivity contribution in [3.63, 3.8) is 0 Å². The Bertz CT molecular complexity index is 750. The topological polar surface area (TPSA) is 63.1 Å². The van der Waals surface area contributed by atoms with Gasteiger partial charge in [-0.05, 0) is 56.3 Å². The molecule has 1 atom stereocenters. The number of carbonyl (C=O) groups excluding carboxylic acids is 1. The standard InChI is InChI=1S/C19H25N5O/c1-23(17-7-6-14-4-2-3-5-15(14)12-17)19(25)18-13-24(22-21-18)16-8-10-20-11-9-16/h2-5,13,16-17,20H,6-12H2,1H3. The van der Waals surface area contributed by atoms with Crippen molar-refractivity contribution in [3.05, 3.63) is 47.3 Å². The number of benzene rings is 1. The Labute approximate surface area is 148 Å². The number of nitrogens with zero attached hydrogens (tertiary/aromatic N) is 4. The van der Waals surface area contributed by atoms with Gasteiger partial charge < -0.3 is 10.2 Å². The molecule has 2 aliphatic rings. The van der Waals surface area contributed by atoms with Gasteiger partial charge in [0, 0.05) is 13.1 Å². The summed E-state index contributed by atoms with van der Waals surface area (Å²) >= 11 is 0. The average Bonchev–Trinajstić information content (AvgIpc) is 3.17. The molecule has 0 radical (unpaired) electrons. The van der Waals surface area contributed by atoms with Gasteiger partial charge in [-0.2, -0.15) is 0 Å². The van der Waals surface area contributed by atoms with E-state index < -0.39 is 0 Å². The lowest BCUT2D eigenvalue weighted by atomic mass is 9.87. The first-order valence-corrected chi connectivity index (χ1v) is 9.19. The van der Waals surface area contributed by atoms with E-state index in [2.05, 4.69) is 39.9 Å². The number of hydrogen-bond acceptors (Lipinski definition) is 4. The summed E-state index contributed by atoms with van der Waals surface area (Å²) in [6, 6.07) is 9.11. The molecule has 0 spiro atoms. The first kappa shape index (κ1) is 16.3. The van der Waals surface area contributed by atoms with Crippen LogP contribution in [0.4, 0.5) is 0 Å². The second-order valence-corrected chi connectivity index (χ2v) is 7.15. The van der Waals surface area contributed by atoms with E-state index in [1.807, 2.05) is 22.8 Å². The molecule has 0 bridgehead atoms. The normalized spacial score (nSPS) is 20.9. The van der Waals surface area contributed by atoms with E-state index in [-0.39, 0.29) is 11.9 Å². The average molecular weight is 339 g/mol. The molecule has 1 unspecified atom stereocenters. The lowest BCUT2D eigenvalue weighted by Crippen LogP contribution is -2.40. The summed E-state index contributed by atoms with van der Waals surface area (Å²) in [6.07, 6.45) is 6.84. The molecule has 1 aromatic heterocycles. The Morgan fingerprint density at radius 3 is 2.76 bits per heavy atom. The summed E-state index contributed by atoms with van der Waals surface area (Å²) in [5, 5.41) is 11.7. The molecule has 1 fully saturated rings. The second-order valence-electron chi connectivity index (χ2n) is 7.15. The monoisotopic (exact) mass is 339 g/mol. The molecule has 1 aliphatic heterocycles. The Hall–Kier alpha value is -2.21. The van der Waals surface area contributed by atoms with Gasteiger partial charge in [0.1, 0.15) is 0 Å². The van der Waals surface area contributed by atoms with Crippen molar-refractivity contribution in [2.45, 2.75) is 44.2 Å². The number of piperidine rings is 1. The molecule has 6 heteroatoms. The molecule has 132 valence electrons. The third-order valence-electron chi connectivity index (χ3n) is 5.60. The van der Waals surface area contributed by atoms with Crippen molar-refractivity contribution in [1.29, 1.82) is 0 Å². The predicted octanol–water partition coefficient (Wildman–Crippen LogP) is 1.83. The molecule has 25 heavy (non-hydrogen) atoms. The molecule has 2 aromatic rings. The van der Waals surface area contributed by atoms with E-state index in [4.69, 9.17) is 0 Å². The zero-order chi connectivity index (χ0) is 17.2. The quantitative estimate of drug-likeness (QED) is 0.927. The maximum absolute atomic E-state index is 12.8. The number of rotatable bonds is 3. The number of amides is 1. The van der Waals surface area contributed by atoms with Gasteiger partial charge in [-0.15, -0.1) is 5.10 Å². The van der Waals surface area contributed by atoms with Gasteiger partial charge >= 0.3 is 0 Å². The van der Waals surface area contributed by atoms with Crippen molar-refractivity contribution in [2.24, 2.45) is 0 Å². The Morgan fingerprint density at radius 1 is 1.20 bits per heavy atom. The van der Waals surface area contributed by atoms with Crippen LogP contribution >= 0.6 is 0 Å². The van der Waals surface area contributed by atoms with Crippen molar-refractivity contribution >= 4 is 5.91 Å². The first-order valence-electron chi connectivity index (χ1n) is 9.19. The number of hydrogen-bond donors (Lipinski definition) is 1. The highest BCUT2D eigenvalue weighted by molar-refractivity contribution is 5.92. The van der Waals surface area contributed by atoms with E-state index in [9.17, 15) is 4.79 Å². The van der Waals surface area contributed by atoms with Gasteiger partial charge in [-0.1, -0.05) is 29.5 Å². The molecular weight excluding hydrogens is 314 g/mol. The Morgan fingerprint density at radius 2 is 1.96 bits per heavy atom. The van der Waals surface area contributed by atoms with Crippen molar-refractivity contribution in [3.8, 4) is 0 Å².